The van der Waals surface area contributed by atoms with Crippen molar-refractivity contribution >= 4 is 5.84 Å². The first-order valence-electron chi connectivity index (χ1n) is 3.29. The predicted molar refractivity (Wildman–Crippen MR) is 42.7 cm³/mol. The van der Waals surface area contributed by atoms with Crippen molar-refractivity contribution < 1.29 is 0 Å². The van der Waals surface area contributed by atoms with Gasteiger partial charge in [-0.2, -0.15) is 0 Å². The number of nitrogens with one attached hydrogen (secondary N) is 1. The molecular weight excluding hydrogens is 112 g/mol. The fraction of sp³-hybridized carbons (Fsp3) is 0.857. The fourth-order valence-corrected chi connectivity index (χ4v) is 0. The van der Waals surface area contributed by atoms with Gasteiger partial charge in [0, 0.05) is 5.41 Å². The fourth-order valence-electron chi connectivity index (χ4n) is 0. The predicted octanol–water partition coefficient (Wildman–Crippen LogP) is 1.99. The lowest BCUT2D eigenvalue weighted by Gasteiger charge is -2.14. The van der Waals surface area contributed by atoms with E-state index in [0.29, 0.717) is 0 Å². The van der Waals surface area contributed by atoms with Crippen molar-refractivity contribution in [3.8, 4) is 0 Å². The third-order valence-electron chi connectivity index (χ3n) is 0.808. The first kappa shape index (κ1) is 11.3. The van der Waals surface area contributed by atoms with Crippen LogP contribution in [0.15, 0.2) is 0 Å². The van der Waals surface area contributed by atoms with E-state index in [4.69, 9.17) is 11.1 Å². The van der Waals surface area contributed by atoms with Crippen LogP contribution in [0.5, 0.6) is 0 Å². The Labute approximate surface area is 58.0 Å². The largest absolute Gasteiger partial charge is 0.387 e. The average Bonchev–Trinajstić information content (AvgIpc) is 1.69. The summed E-state index contributed by atoms with van der Waals surface area (Å²) in [7, 11) is 0. The number of nitrogens with two attached hydrogens (primary N) is 1. The minimum Gasteiger partial charge on any atom is -0.387 e. The number of hydrogen-bond acceptors (Lipinski definition) is 1. The van der Waals surface area contributed by atoms with Gasteiger partial charge in [-0.1, -0.05) is 34.6 Å². The van der Waals surface area contributed by atoms with E-state index >= 15 is 0 Å². The van der Waals surface area contributed by atoms with Gasteiger partial charge < -0.3 is 5.73 Å². The van der Waals surface area contributed by atoms with Crippen LogP contribution in [-0.4, -0.2) is 5.84 Å². The van der Waals surface area contributed by atoms with Crippen LogP contribution in [0.25, 0.3) is 0 Å². The topological polar surface area (TPSA) is 49.9 Å². The molecule has 0 aromatic rings. The van der Waals surface area contributed by atoms with Crippen LogP contribution in [0.2, 0.25) is 0 Å². The summed E-state index contributed by atoms with van der Waals surface area (Å²) in [5.41, 5.74) is 5.01. The minimum atomic E-state index is -0.139. The molecule has 0 bridgehead atoms. The summed E-state index contributed by atoms with van der Waals surface area (Å²) in [6.07, 6.45) is 0. The highest BCUT2D eigenvalue weighted by Crippen LogP contribution is 2.10. The van der Waals surface area contributed by atoms with Crippen molar-refractivity contribution in [3.05, 3.63) is 0 Å². The van der Waals surface area contributed by atoms with Crippen molar-refractivity contribution in [1.29, 1.82) is 5.41 Å². The highest BCUT2D eigenvalue weighted by atomic mass is 14.7. The van der Waals surface area contributed by atoms with Gasteiger partial charge in [0.15, 0.2) is 0 Å². The van der Waals surface area contributed by atoms with Gasteiger partial charge in [0.05, 0.1) is 5.84 Å². The standard InChI is InChI=1S/C5H12N2.C2H6/c1-5(2,3)4(6)7;1-2/h1-3H3,(H3,6,7);1-2H3. The Morgan fingerprint density at radius 1 is 1.22 bits per heavy atom. The SMILES string of the molecule is CC.CC(C)(C)C(=N)N. The quantitative estimate of drug-likeness (QED) is 0.382. The number of hydrogen-bond donors (Lipinski definition) is 2. The lowest BCUT2D eigenvalue weighted by atomic mass is 9.96. The van der Waals surface area contributed by atoms with E-state index in [9.17, 15) is 0 Å². The summed E-state index contributed by atoms with van der Waals surface area (Å²) in [4.78, 5) is 0. The lowest BCUT2D eigenvalue weighted by Crippen LogP contribution is -2.27. The molecule has 2 nitrogen and oxygen atoms in total. The molecule has 0 amide bonds. The molecule has 0 aromatic carbocycles. The molecule has 0 spiro atoms. The third-order valence-corrected chi connectivity index (χ3v) is 0.808. The number of amidine groups is 1. The van der Waals surface area contributed by atoms with E-state index in [0.717, 1.165) is 0 Å². The maximum absolute atomic E-state index is 6.92. The van der Waals surface area contributed by atoms with Crippen LogP contribution in [0.3, 0.4) is 0 Å². The Morgan fingerprint density at radius 2 is 1.33 bits per heavy atom. The molecule has 0 aliphatic heterocycles. The molecule has 3 N–H and O–H groups in total. The van der Waals surface area contributed by atoms with Gasteiger partial charge in [-0.15, -0.1) is 0 Å². The molecule has 0 atom stereocenters. The summed E-state index contributed by atoms with van der Waals surface area (Å²) in [5.74, 6) is 0.243. The van der Waals surface area contributed by atoms with E-state index in [2.05, 4.69) is 0 Å². The maximum Gasteiger partial charge on any atom is 0.0960 e. The summed E-state index contributed by atoms with van der Waals surface area (Å²) in [5, 5.41) is 6.92. The Bertz CT molecular complexity index is 79.4. The van der Waals surface area contributed by atoms with Crippen molar-refractivity contribution in [1.82, 2.24) is 0 Å². The van der Waals surface area contributed by atoms with Crippen molar-refractivity contribution in [2.75, 3.05) is 0 Å². The van der Waals surface area contributed by atoms with Gasteiger partial charge in [-0.3, -0.25) is 5.41 Å². The highest BCUT2D eigenvalue weighted by molar-refractivity contribution is 5.82. The monoisotopic (exact) mass is 130 g/mol. The Morgan fingerprint density at radius 3 is 1.33 bits per heavy atom. The molecule has 0 fully saturated rings. The van der Waals surface area contributed by atoms with Gasteiger partial charge in [-0.25, -0.2) is 0 Å². The van der Waals surface area contributed by atoms with Crippen molar-refractivity contribution in [2.24, 2.45) is 11.1 Å². The zero-order chi connectivity index (χ0) is 8.08. The summed E-state index contributed by atoms with van der Waals surface area (Å²) in [6, 6.07) is 0. The molecule has 0 unspecified atom stereocenters. The molecule has 0 aliphatic carbocycles. The lowest BCUT2D eigenvalue weighted by molar-refractivity contribution is 0.581. The zero-order valence-electron chi connectivity index (χ0n) is 7.08. The molecule has 0 saturated heterocycles. The molecule has 0 heterocycles. The number of rotatable bonds is 0. The van der Waals surface area contributed by atoms with Gasteiger partial charge in [0.1, 0.15) is 0 Å². The molecular formula is C7H18N2. The minimum absolute atomic E-state index is 0.139. The van der Waals surface area contributed by atoms with Crippen LogP contribution in [0.4, 0.5) is 0 Å². The maximum atomic E-state index is 6.92. The average molecular weight is 130 g/mol. The van der Waals surface area contributed by atoms with Gasteiger partial charge >= 0.3 is 0 Å². The molecule has 0 rings (SSSR count). The first-order chi connectivity index (χ1) is 3.94. The molecule has 0 radical (unpaired) electrons. The summed E-state index contributed by atoms with van der Waals surface area (Å²) in [6.45, 7) is 9.74. The Balaban J connectivity index is 0. The third kappa shape index (κ3) is 7.47. The normalized spacial score (nSPS) is 9.44. The summed E-state index contributed by atoms with van der Waals surface area (Å²) >= 11 is 0. The van der Waals surface area contributed by atoms with Gasteiger partial charge in [0.25, 0.3) is 0 Å². The van der Waals surface area contributed by atoms with Crippen molar-refractivity contribution in [2.45, 2.75) is 34.6 Å². The highest BCUT2D eigenvalue weighted by Gasteiger charge is 2.12. The second-order valence-electron chi connectivity index (χ2n) is 2.66. The van der Waals surface area contributed by atoms with Gasteiger partial charge in [-0.05, 0) is 0 Å². The molecule has 9 heavy (non-hydrogen) atoms. The van der Waals surface area contributed by atoms with Crippen LogP contribution in [0.1, 0.15) is 34.6 Å². The smallest absolute Gasteiger partial charge is 0.0960 e. The van der Waals surface area contributed by atoms with Crippen molar-refractivity contribution in [3.63, 3.8) is 0 Å². The zero-order valence-corrected chi connectivity index (χ0v) is 7.08. The van der Waals surface area contributed by atoms with E-state index < -0.39 is 0 Å². The Hall–Kier alpha value is -0.530. The van der Waals surface area contributed by atoms with Gasteiger partial charge in [0.2, 0.25) is 0 Å². The molecule has 2 heteroatoms. The van der Waals surface area contributed by atoms with Crippen LogP contribution in [-0.2, 0) is 0 Å². The second kappa shape index (κ2) is 4.36. The van der Waals surface area contributed by atoms with E-state index in [1.807, 2.05) is 34.6 Å². The molecule has 0 aliphatic rings. The van der Waals surface area contributed by atoms with Crippen LogP contribution in [0, 0.1) is 10.8 Å². The van der Waals surface area contributed by atoms with E-state index in [-0.39, 0.29) is 11.3 Å². The molecule has 0 aromatic heterocycles. The van der Waals surface area contributed by atoms with Crippen LogP contribution < -0.4 is 5.73 Å². The Kier molecular flexibility index (Phi) is 5.47. The van der Waals surface area contributed by atoms with E-state index in [1.54, 1.807) is 0 Å². The first-order valence-corrected chi connectivity index (χ1v) is 3.29. The molecule has 56 valence electrons. The van der Waals surface area contributed by atoms with Crippen LogP contribution >= 0.6 is 0 Å². The molecule has 0 saturated carbocycles. The van der Waals surface area contributed by atoms with E-state index in [1.165, 1.54) is 0 Å². The second-order valence-corrected chi connectivity index (χ2v) is 2.66. The summed E-state index contributed by atoms with van der Waals surface area (Å²) < 4.78 is 0.